The van der Waals surface area contributed by atoms with Gasteiger partial charge in [0.25, 0.3) is 0 Å². The first-order valence-electron chi connectivity index (χ1n) is 5.61. The van der Waals surface area contributed by atoms with E-state index in [-0.39, 0.29) is 0 Å². The number of nitrogens with zero attached hydrogens (tertiary/aromatic N) is 1. The second-order valence-electron chi connectivity index (χ2n) is 4.21. The molecule has 1 unspecified atom stereocenters. The highest BCUT2D eigenvalue weighted by molar-refractivity contribution is 9.10. The van der Waals surface area contributed by atoms with E-state index in [4.69, 9.17) is 11.6 Å². The highest BCUT2D eigenvalue weighted by Gasteiger charge is 2.13. The average molecular weight is 327 g/mol. The lowest BCUT2D eigenvalue weighted by Crippen LogP contribution is -2.04. The zero-order valence-corrected chi connectivity index (χ0v) is 12.2. The Morgan fingerprint density at radius 2 is 2.11 bits per heavy atom. The Labute approximate surface area is 120 Å². The van der Waals surface area contributed by atoms with Gasteiger partial charge < -0.3 is 5.11 Å². The molecule has 2 rings (SSSR count). The number of hydrogen-bond acceptors (Lipinski definition) is 2. The van der Waals surface area contributed by atoms with Gasteiger partial charge in [0.1, 0.15) is 0 Å². The van der Waals surface area contributed by atoms with Crippen molar-refractivity contribution in [3.8, 4) is 0 Å². The number of hydrogen-bond donors (Lipinski definition) is 1. The number of aliphatic hydroxyl groups excluding tert-OH is 1. The molecule has 94 valence electrons. The van der Waals surface area contributed by atoms with Gasteiger partial charge in [0.2, 0.25) is 0 Å². The minimum absolute atomic E-state index is 0.471. The molecule has 2 nitrogen and oxygen atoms in total. The molecule has 1 heterocycles. The molecule has 0 radical (unpaired) electrons. The van der Waals surface area contributed by atoms with Crippen LogP contribution in [0.15, 0.2) is 41.0 Å². The van der Waals surface area contributed by atoms with Crippen LogP contribution in [0.3, 0.4) is 0 Å². The van der Waals surface area contributed by atoms with Gasteiger partial charge in [0.05, 0.1) is 6.10 Å². The second kappa shape index (κ2) is 5.83. The predicted molar refractivity (Wildman–Crippen MR) is 76.8 cm³/mol. The van der Waals surface area contributed by atoms with Gasteiger partial charge in [-0.05, 0) is 42.3 Å². The summed E-state index contributed by atoms with van der Waals surface area (Å²) in [5, 5.41) is 10.8. The van der Waals surface area contributed by atoms with Crippen molar-refractivity contribution in [1.29, 1.82) is 0 Å². The highest BCUT2D eigenvalue weighted by Crippen LogP contribution is 2.28. The largest absolute Gasteiger partial charge is 0.388 e. The normalized spacial score (nSPS) is 12.4. The summed E-state index contributed by atoms with van der Waals surface area (Å²) in [4.78, 5) is 4.29. The van der Waals surface area contributed by atoms with Crippen LogP contribution in [0, 0.1) is 6.92 Å². The molecule has 2 aromatic rings. The quantitative estimate of drug-likeness (QED) is 0.922. The maximum absolute atomic E-state index is 10.2. The van der Waals surface area contributed by atoms with Crippen molar-refractivity contribution < 1.29 is 5.11 Å². The van der Waals surface area contributed by atoms with Crippen LogP contribution in [0.5, 0.6) is 0 Å². The number of benzene rings is 1. The monoisotopic (exact) mass is 325 g/mol. The van der Waals surface area contributed by atoms with Crippen LogP contribution in [0.2, 0.25) is 5.02 Å². The first kappa shape index (κ1) is 13.5. The molecule has 1 aromatic carbocycles. The van der Waals surface area contributed by atoms with Gasteiger partial charge >= 0.3 is 0 Å². The smallest absolute Gasteiger partial charge is 0.0856 e. The summed E-state index contributed by atoms with van der Waals surface area (Å²) in [5.41, 5.74) is 2.75. The Hall–Kier alpha value is -0.900. The zero-order valence-electron chi connectivity index (χ0n) is 9.90. The van der Waals surface area contributed by atoms with Crippen LogP contribution in [0.1, 0.15) is 22.9 Å². The fraction of sp³-hybridized carbons (Fsp3) is 0.214. The summed E-state index contributed by atoms with van der Waals surface area (Å²) < 4.78 is 0.853. The SMILES string of the molecule is Cc1ccc(CC(O)c2cc(Cl)ccc2Br)nc1. The summed E-state index contributed by atoms with van der Waals surface area (Å²) in [6, 6.07) is 9.30. The predicted octanol–water partition coefficient (Wildman–Crippen LogP) is 4.08. The van der Waals surface area contributed by atoms with E-state index in [2.05, 4.69) is 20.9 Å². The van der Waals surface area contributed by atoms with Gasteiger partial charge in [0, 0.05) is 27.8 Å². The van der Waals surface area contributed by atoms with Gasteiger partial charge in [-0.2, -0.15) is 0 Å². The molecule has 1 atom stereocenters. The van der Waals surface area contributed by atoms with Crippen molar-refractivity contribution in [2.24, 2.45) is 0 Å². The maximum atomic E-state index is 10.2. The second-order valence-corrected chi connectivity index (χ2v) is 5.50. The molecular formula is C14H13BrClNO. The average Bonchev–Trinajstić information content (AvgIpc) is 2.35. The third-order valence-electron chi connectivity index (χ3n) is 2.69. The fourth-order valence-electron chi connectivity index (χ4n) is 1.70. The Bertz CT molecular complexity index is 542. The van der Waals surface area contributed by atoms with Crippen molar-refractivity contribution in [3.05, 3.63) is 62.8 Å². The topological polar surface area (TPSA) is 33.1 Å². The molecule has 18 heavy (non-hydrogen) atoms. The number of halogens is 2. The van der Waals surface area contributed by atoms with Gasteiger partial charge in [0.15, 0.2) is 0 Å². The van der Waals surface area contributed by atoms with Crippen LogP contribution in [0.4, 0.5) is 0 Å². The van der Waals surface area contributed by atoms with E-state index in [1.165, 1.54) is 0 Å². The lowest BCUT2D eigenvalue weighted by atomic mass is 10.0. The third kappa shape index (κ3) is 3.31. The summed E-state index contributed by atoms with van der Waals surface area (Å²) >= 11 is 9.35. The van der Waals surface area contributed by atoms with Crippen molar-refractivity contribution in [2.75, 3.05) is 0 Å². The molecule has 0 saturated heterocycles. The van der Waals surface area contributed by atoms with Crippen molar-refractivity contribution in [3.63, 3.8) is 0 Å². The van der Waals surface area contributed by atoms with E-state index in [1.54, 1.807) is 18.3 Å². The Morgan fingerprint density at radius 3 is 2.78 bits per heavy atom. The van der Waals surface area contributed by atoms with E-state index in [0.717, 1.165) is 21.3 Å². The number of rotatable bonds is 3. The van der Waals surface area contributed by atoms with Gasteiger partial charge in [-0.1, -0.05) is 33.6 Å². The van der Waals surface area contributed by atoms with Gasteiger partial charge in [-0.25, -0.2) is 0 Å². The number of aryl methyl sites for hydroxylation is 1. The standard InChI is InChI=1S/C14H13BrClNO/c1-9-2-4-11(17-8-9)7-14(18)12-6-10(16)3-5-13(12)15/h2-6,8,14,18H,7H2,1H3. The molecule has 0 bridgehead atoms. The lowest BCUT2D eigenvalue weighted by Gasteiger charge is -2.13. The van der Waals surface area contributed by atoms with E-state index in [1.807, 2.05) is 25.1 Å². The van der Waals surface area contributed by atoms with E-state index in [9.17, 15) is 5.11 Å². The molecule has 1 N–H and O–H groups in total. The molecule has 0 aliphatic rings. The Morgan fingerprint density at radius 1 is 1.33 bits per heavy atom. The first-order chi connectivity index (χ1) is 8.56. The third-order valence-corrected chi connectivity index (χ3v) is 3.65. The fourth-order valence-corrected chi connectivity index (χ4v) is 2.39. The summed E-state index contributed by atoms with van der Waals surface area (Å²) in [7, 11) is 0. The molecule has 0 fully saturated rings. The molecule has 4 heteroatoms. The van der Waals surface area contributed by atoms with Crippen LogP contribution < -0.4 is 0 Å². The Balaban J connectivity index is 2.18. The number of aromatic nitrogens is 1. The molecule has 0 aliphatic carbocycles. The highest BCUT2D eigenvalue weighted by atomic mass is 79.9. The minimum atomic E-state index is -0.617. The van der Waals surface area contributed by atoms with Crippen LogP contribution in [0.25, 0.3) is 0 Å². The van der Waals surface area contributed by atoms with Crippen molar-refractivity contribution >= 4 is 27.5 Å². The van der Waals surface area contributed by atoms with E-state index < -0.39 is 6.10 Å². The number of aliphatic hydroxyl groups is 1. The van der Waals surface area contributed by atoms with Crippen LogP contribution >= 0.6 is 27.5 Å². The molecule has 0 saturated carbocycles. The van der Waals surface area contributed by atoms with Crippen LogP contribution in [-0.4, -0.2) is 10.1 Å². The lowest BCUT2D eigenvalue weighted by molar-refractivity contribution is 0.176. The maximum Gasteiger partial charge on any atom is 0.0856 e. The van der Waals surface area contributed by atoms with Gasteiger partial charge in [-0.15, -0.1) is 0 Å². The first-order valence-corrected chi connectivity index (χ1v) is 6.78. The van der Waals surface area contributed by atoms with E-state index in [0.29, 0.717) is 11.4 Å². The molecule has 0 spiro atoms. The molecular weight excluding hydrogens is 314 g/mol. The summed E-state index contributed by atoms with van der Waals surface area (Å²) in [5.74, 6) is 0. The molecule has 0 amide bonds. The molecule has 0 aliphatic heterocycles. The minimum Gasteiger partial charge on any atom is -0.388 e. The zero-order chi connectivity index (χ0) is 13.1. The van der Waals surface area contributed by atoms with Crippen molar-refractivity contribution in [2.45, 2.75) is 19.4 Å². The Kier molecular flexibility index (Phi) is 4.38. The number of pyridine rings is 1. The summed E-state index contributed by atoms with van der Waals surface area (Å²) in [6.07, 6.45) is 1.65. The van der Waals surface area contributed by atoms with Crippen LogP contribution in [-0.2, 0) is 6.42 Å². The van der Waals surface area contributed by atoms with E-state index >= 15 is 0 Å². The summed E-state index contributed by atoms with van der Waals surface area (Å²) in [6.45, 7) is 1.99. The molecule has 1 aromatic heterocycles. The van der Waals surface area contributed by atoms with Gasteiger partial charge in [-0.3, -0.25) is 4.98 Å². The van der Waals surface area contributed by atoms with Crippen molar-refractivity contribution in [1.82, 2.24) is 4.98 Å².